The number of anilines is 1. The van der Waals surface area contributed by atoms with Gasteiger partial charge in [-0.3, -0.25) is 4.98 Å². The Morgan fingerprint density at radius 2 is 2.05 bits per heavy atom. The first-order valence-corrected chi connectivity index (χ1v) is 6.82. The van der Waals surface area contributed by atoms with Crippen LogP contribution in [-0.4, -0.2) is 10.1 Å². The van der Waals surface area contributed by atoms with Crippen molar-refractivity contribution >= 4 is 27.1 Å². The highest BCUT2D eigenvalue weighted by atomic mass is 32.1. The molecule has 2 aromatic heterocycles. The summed E-state index contributed by atoms with van der Waals surface area (Å²) in [7, 11) is 0. The third-order valence-corrected chi connectivity index (χ3v) is 4.61. The molecule has 0 amide bonds. The van der Waals surface area contributed by atoms with Gasteiger partial charge in [-0.2, -0.15) is 0 Å². The SMILES string of the molecule is CC(O)(c1cc2ccccc2s1)c1cnccc1N. The van der Waals surface area contributed by atoms with Crippen molar-refractivity contribution in [1.29, 1.82) is 0 Å². The fourth-order valence-electron chi connectivity index (χ4n) is 2.17. The zero-order valence-corrected chi connectivity index (χ0v) is 11.3. The smallest absolute Gasteiger partial charge is 0.124 e. The van der Waals surface area contributed by atoms with E-state index in [1.54, 1.807) is 36.7 Å². The lowest BCUT2D eigenvalue weighted by molar-refractivity contribution is 0.107. The summed E-state index contributed by atoms with van der Waals surface area (Å²) in [5, 5.41) is 12.0. The summed E-state index contributed by atoms with van der Waals surface area (Å²) in [5.74, 6) is 0. The number of hydrogen-bond donors (Lipinski definition) is 2. The molecule has 0 saturated heterocycles. The molecule has 0 bridgehead atoms. The Balaban J connectivity index is 2.16. The summed E-state index contributed by atoms with van der Waals surface area (Å²) < 4.78 is 1.15. The van der Waals surface area contributed by atoms with Crippen LogP contribution in [0.4, 0.5) is 5.69 Å². The van der Waals surface area contributed by atoms with Gasteiger partial charge in [0.25, 0.3) is 0 Å². The molecule has 3 nitrogen and oxygen atoms in total. The lowest BCUT2D eigenvalue weighted by Gasteiger charge is -2.23. The average Bonchev–Trinajstić information content (AvgIpc) is 2.83. The van der Waals surface area contributed by atoms with E-state index in [0.717, 1.165) is 15.0 Å². The minimum absolute atomic E-state index is 0.553. The van der Waals surface area contributed by atoms with E-state index in [2.05, 4.69) is 4.98 Å². The van der Waals surface area contributed by atoms with Crippen LogP contribution in [0.5, 0.6) is 0 Å². The molecule has 0 saturated carbocycles. The Bertz CT molecular complexity index is 701. The number of nitrogens with two attached hydrogens (primary N) is 1. The predicted molar refractivity (Wildman–Crippen MR) is 79.1 cm³/mol. The molecule has 1 aromatic carbocycles. The van der Waals surface area contributed by atoms with Crippen molar-refractivity contribution in [3.8, 4) is 0 Å². The van der Waals surface area contributed by atoms with Crippen molar-refractivity contribution in [3.05, 3.63) is 59.2 Å². The number of aromatic nitrogens is 1. The van der Waals surface area contributed by atoms with E-state index in [1.165, 1.54) is 0 Å². The number of nitrogens with zero attached hydrogens (tertiary/aromatic N) is 1. The fraction of sp³-hybridized carbons (Fsp3) is 0.133. The fourth-order valence-corrected chi connectivity index (χ4v) is 3.29. The average molecular weight is 270 g/mol. The van der Waals surface area contributed by atoms with Crippen molar-refractivity contribution in [1.82, 2.24) is 4.98 Å². The quantitative estimate of drug-likeness (QED) is 0.752. The van der Waals surface area contributed by atoms with Gasteiger partial charge in [0.1, 0.15) is 5.60 Å². The van der Waals surface area contributed by atoms with Crippen LogP contribution in [0, 0.1) is 0 Å². The lowest BCUT2D eigenvalue weighted by atomic mass is 9.94. The lowest BCUT2D eigenvalue weighted by Crippen LogP contribution is -2.23. The third-order valence-electron chi connectivity index (χ3n) is 3.28. The Labute approximate surface area is 115 Å². The molecular weight excluding hydrogens is 256 g/mol. The van der Waals surface area contributed by atoms with Gasteiger partial charge in [-0.25, -0.2) is 0 Å². The molecule has 3 N–H and O–H groups in total. The van der Waals surface area contributed by atoms with E-state index in [9.17, 15) is 5.11 Å². The summed E-state index contributed by atoms with van der Waals surface area (Å²) in [6.07, 6.45) is 3.25. The molecule has 0 radical (unpaired) electrons. The summed E-state index contributed by atoms with van der Waals surface area (Å²) in [5.41, 5.74) is 6.01. The molecule has 3 aromatic rings. The molecule has 2 heterocycles. The number of fused-ring (bicyclic) bond motifs is 1. The first kappa shape index (κ1) is 12.1. The molecule has 0 aliphatic carbocycles. The van der Waals surface area contributed by atoms with Crippen molar-refractivity contribution in [3.63, 3.8) is 0 Å². The first-order chi connectivity index (χ1) is 9.09. The van der Waals surface area contributed by atoms with E-state index in [4.69, 9.17) is 5.73 Å². The molecule has 96 valence electrons. The minimum Gasteiger partial charge on any atom is -0.398 e. The van der Waals surface area contributed by atoms with Gasteiger partial charge in [-0.05, 0) is 30.5 Å². The summed E-state index contributed by atoms with van der Waals surface area (Å²) >= 11 is 1.57. The maximum absolute atomic E-state index is 10.8. The highest BCUT2D eigenvalue weighted by molar-refractivity contribution is 7.19. The number of pyridine rings is 1. The summed E-state index contributed by atoms with van der Waals surface area (Å²) in [4.78, 5) is 4.92. The molecule has 0 spiro atoms. The molecule has 3 rings (SSSR count). The Morgan fingerprint density at radius 3 is 2.79 bits per heavy atom. The third kappa shape index (κ3) is 1.99. The van der Waals surface area contributed by atoms with Crippen LogP contribution in [-0.2, 0) is 5.60 Å². The van der Waals surface area contributed by atoms with Crippen LogP contribution < -0.4 is 5.73 Å². The minimum atomic E-state index is -1.12. The van der Waals surface area contributed by atoms with Crippen molar-refractivity contribution in [2.45, 2.75) is 12.5 Å². The highest BCUT2D eigenvalue weighted by Crippen LogP contribution is 2.38. The molecular formula is C15H14N2OS. The number of rotatable bonds is 2. The molecule has 1 unspecified atom stereocenters. The van der Waals surface area contributed by atoms with Crippen LogP contribution in [0.1, 0.15) is 17.4 Å². The number of hydrogen-bond acceptors (Lipinski definition) is 4. The Hall–Kier alpha value is -1.91. The number of thiophene rings is 1. The van der Waals surface area contributed by atoms with E-state index < -0.39 is 5.60 Å². The van der Waals surface area contributed by atoms with Gasteiger partial charge in [0.2, 0.25) is 0 Å². The number of benzene rings is 1. The zero-order chi connectivity index (χ0) is 13.5. The van der Waals surface area contributed by atoms with Gasteiger partial charge in [-0.1, -0.05) is 18.2 Å². The van der Waals surface area contributed by atoms with Crippen LogP contribution in [0.25, 0.3) is 10.1 Å². The second kappa shape index (κ2) is 4.33. The predicted octanol–water partition coefficient (Wildman–Crippen LogP) is 3.13. The van der Waals surface area contributed by atoms with Gasteiger partial charge in [0, 0.05) is 33.2 Å². The van der Waals surface area contributed by atoms with E-state index >= 15 is 0 Å². The second-order valence-electron chi connectivity index (χ2n) is 4.68. The van der Waals surface area contributed by atoms with Gasteiger partial charge < -0.3 is 10.8 Å². The molecule has 19 heavy (non-hydrogen) atoms. The first-order valence-electron chi connectivity index (χ1n) is 6.00. The maximum atomic E-state index is 10.8. The molecule has 0 aliphatic rings. The van der Waals surface area contributed by atoms with Crippen LogP contribution in [0.15, 0.2) is 48.8 Å². The standard InChI is InChI=1S/C15H14N2OS/c1-15(18,11-9-17-7-6-12(11)16)14-8-10-4-2-3-5-13(10)19-14/h2-9,18H,1H3,(H2,16,17). The monoisotopic (exact) mass is 270 g/mol. The van der Waals surface area contributed by atoms with Gasteiger partial charge in [0.15, 0.2) is 0 Å². The zero-order valence-electron chi connectivity index (χ0n) is 10.5. The van der Waals surface area contributed by atoms with Crippen LogP contribution >= 0.6 is 11.3 Å². The van der Waals surface area contributed by atoms with Crippen LogP contribution in [0.3, 0.4) is 0 Å². The van der Waals surface area contributed by atoms with E-state index in [0.29, 0.717) is 11.3 Å². The summed E-state index contributed by atoms with van der Waals surface area (Å²) in [6.45, 7) is 1.76. The highest BCUT2D eigenvalue weighted by Gasteiger charge is 2.29. The maximum Gasteiger partial charge on any atom is 0.124 e. The van der Waals surface area contributed by atoms with Gasteiger partial charge in [-0.15, -0.1) is 11.3 Å². The summed E-state index contributed by atoms with van der Waals surface area (Å²) in [6, 6.07) is 11.8. The normalized spacial score (nSPS) is 14.4. The topological polar surface area (TPSA) is 59.1 Å². The molecule has 0 aliphatic heterocycles. The van der Waals surface area contributed by atoms with Crippen LogP contribution in [0.2, 0.25) is 0 Å². The van der Waals surface area contributed by atoms with E-state index in [-0.39, 0.29) is 0 Å². The van der Waals surface area contributed by atoms with Gasteiger partial charge >= 0.3 is 0 Å². The molecule has 0 fully saturated rings. The number of nitrogen functional groups attached to an aromatic ring is 1. The van der Waals surface area contributed by atoms with Crippen molar-refractivity contribution in [2.75, 3.05) is 5.73 Å². The Morgan fingerprint density at radius 1 is 1.26 bits per heavy atom. The van der Waals surface area contributed by atoms with Gasteiger partial charge in [0.05, 0.1) is 0 Å². The van der Waals surface area contributed by atoms with Crippen molar-refractivity contribution in [2.24, 2.45) is 0 Å². The van der Waals surface area contributed by atoms with Crippen molar-refractivity contribution < 1.29 is 5.11 Å². The second-order valence-corrected chi connectivity index (χ2v) is 5.77. The molecule has 1 atom stereocenters. The molecule has 4 heteroatoms. The van der Waals surface area contributed by atoms with E-state index in [1.807, 2.05) is 30.3 Å². The Kier molecular flexibility index (Phi) is 2.77. The largest absolute Gasteiger partial charge is 0.398 e. The number of aliphatic hydroxyl groups is 1.